The first-order chi connectivity index (χ1) is 11.5. The molecule has 0 aromatic heterocycles. The van der Waals surface area contributed by atoms with Crippen molar-refractivity contribution in [3.8, 4) is 0 Å². The molecule has 0 atom stereocenters. The number of nitrogens with zero attached hydrogens (tertiary/aromatic N) is 2. The fourth-order valence-electron chi connectivity index (χ4n) is 1.77. The van der Waals surface area contributed by atoms with Crippen molar-refractivity contribution >= 4 is 40.7 Å². The Morgan fingerprint density at radius 1 is 1.29 bits per heavy atom. The number of carbonyl (C=O) groups excluding carboxylic acids is 1. The lowest BCUT2D eigenvalue weighted by Crippen LogP contribution is -2.21. The summed E-state index contributed by atoms with van der Waals surface area (Å²) in [6, 6.07) is 13.3. The third-order valence-corrected chi connectivity index (χ3v) is 4.27. The van der Waals surface area contributed by atoms with Crippen LogP contribution in [0.4, 0.5) is 5.69 Å². The fourth-order valence-corrected chi connectivity index (χ4v) is 2.58. The molecule has 8 heteroatoms. The molecule has 24 heavy (non-hydrogen) atoms. The van der Waals surface area contributed by atoms with Crippen LogP contribution in [0.3, 0.4) is 0 Å². The number of non-ortho nitro benzene ring substituents is 1. The molecule has 0 aliphatic carbocycles. The van der Waals surface area contributed by atoms with E-state index in [9.17, 15) is 14.9 Å². The fraction of sp³-hybridized carbons (Fsp3) is 0.125. The minimum atomic E-state index is -0.474. The second kappa shape index (κ2) is 8.47. The summed E-state index contributed by atoms with van der Waals surface area (Å²) in [5.74, 6) is -0.0624. The van der Waals surface area contributed by atoms with Crippen LogP contribution in [0.5, 0.6) is 0 Å². The Balaban J connectivity index is 1.91. The van der Waals surface area contributed by atoms with Gasteiger partial charge in [0.15, 0.2) is 0 Å². The summed E-state index contributed by atoms with van der Waals surface area (Å²) in [4.78, 5) is 23.0. The number of thioether (sulfide) groups is 1. The summed E-state index contributed by atoms with van der Waals surface area (Å²) >= 11 is 7.16. The molecule has 124 valence electrons. The number of amides is 1. The molecule has 2 rings (SSSR count). The van der Waals surface area contributed by atoms with Crippen LogP contribution in [-0.2, 0) is 4.79 Å². The van der Waals surface area contributed by atoms with Gasteiger partial charge in [0, 0.05) is 27.6 Å². The topological polar surface area (TPSA) is 84.6 Å². The third kappa shape index (κ3) is 5.36. The number of hydrogen-bond acceptors (Lipinski definition) is 5. The molecule has 0 heterocycles. The zero-order valence-corrected chi connectivity index (χ0v) is 14.3. The molecule has 0 aliphatic heterocycles. The van der Waals surface area contributed by atoms with Gasteiger partial charge >= 0.3 is 0 Å². The Morgan fingerprint density at radius 2 is 2.00 bits per heavy atom. The molecule has 0 spiro atoms. The molecule has 2 aromatic carbocycles. The molecule has 2 aromatic rings. The van der Waals surface area contributed by atoms with Gasteiger partial charge in [-0.25, -0.2) is 5.43 Å². The number of hydrogen-bond donors (Lipinski definition) is 1. The first-order valence-corrected chi connectivity index (χ1v) is 8.28. The maximum Gasteiger partial charge on any atom is 0.270 e. The lowest BCUT2D eigenvalue weighted by Gasteiger charge is -2.03. The highest BCUT2D eigenvalue weighted by molar-refractivity contribution is 8.00. The zero-order valence-electron chi connectivity index (χ0n) is 12.7. The van der Waals surface area contributed by atoms with Crippen LogP contribution >= 0.6 is 23.4 Å². The molecule has 0 radical (unpaired) electrons. The Kier molecular flexibility index (Phi) is 6.34. The van der Waals surface area contributed by atoms with Crippen LogP contribution in [0.2, 0.25) is 5.02 Å². The number of hydrazone groups is 1. The van der Waals surface area contributed by atoms with E-state index in [4.69, 9.17) is 11.6 Å². The molecular formula is C16H14ClN3O3S. The second-order valence-electron chi connectivity index (χ2n) is 4.78. The summed E-state index contributed by atoms with van der Waals surface area (Å²) in [5, 5.41) is 15.4. The average molecular weight is 364 g/mol. The van der Waals surface area contributed by atoms with Crippen molar-refractivity contribution in [3.63, 3.8) is 0 Å². The van der Waals surface area contributed by atoms with E-state index in [0.717, 1.165) is 4.90 Å². The van der Waals surface area contributed by atoms with Crippen LogP contribution in [0, 0.1) is 10.1 Å². The van der Waals surface area contributed by atoms with Gasteiger partial charge in [-0.15, -0.1) is 11.8 Å². The van der Waals surface area contributed by atoms with E-state index in [2.05, 4.69) is 10.5 Å². The summed E-state index contributed by atoms with van der Waals surface area (Å²) < 4.78 is 0. The van der Waals surface area contributed by atoms with Crippen molar-refractivity contribution in [1.82, 2.24) is 5.43 Å². The molecule has 0 fully saturated rings. The maximum absolute atomic E-state index is 11.8. The van der Waals surface area contributed by atoms with E-state index < -0.39 is 4.92 Å². The minimum absolute atomic E-state index is 0.0216. The van der Waals surface area contributed by atoms with Crippen LogP contribution in [-0.4, -0.2) is 22.3 Å². The SMILES string of the molecule is C/C(=N/NC(=O)CSc1ccc(Cl)cc1)c1cccc([N+](=O)[O-])c1. The smallest absolute Gasteiger partial charge is 0.270 e. The van der Waals surface area contributed by atoms with Crippen molar-refractivity contribution < 1.29 is 9.72 Å². The Morgan fingerprint density at radius 3 is 2.67 bits per heavy atom. The highest BCUT2D eigenvalue weighted by Gasteiger charge is 2.08. The van der Waals surface area contributed by atoms with Gasteiger partial charge in [-0.3, -0.25) is 14.9 Å². The third-order valence-electron chi connectivity index (χ3n) is 3.01. The quantitative estimate of drug-likeness (QED) is 0.365. The van der Waals surface area contributed by atoms with E-state index in [1.807, 2.05) is 12.1 Å². The van der Waals surface area contributed by atoms with Crippen LogP contribution in [0.15, 0.2) is 58.5 Å². The second-order valence-corrected chi connectivity index (χ2v) is 6.27. The van der Waals surface area contributed by atoms with Gasteiger partial charge in [-0.2, -0.15) is 5.10 Å². The normalized spacial score (nSPS) is 11.2. The summed E-state index contributed by atoms with van der Waals surface area (Å²) in [6.07, 6.45) is 0. The van der Waals surface area contributed by atoms with E-state index in [1.165, 1.54) is 23.9 Å². The zero-order chi connectivity index (χ0) is 17.5. The Bertz CT molecular complexity index is 778. The summed E-state index contributed by atoms with van der Waals surface area (Å²) in [6.45, 7) is 1.67. The Labute approximate surface area is 148 Å². The number of benzene rings is 2. The van der Waals surface area contributed by atoms with Crippen molar-refractivity contribution in [3.05, 3.63) is 69.2 Å². The molecular weight excluding hydrogens is 350 g/mol. The molecule has 6 nitrogen and oxygen atoms in total. The van der Waals surface area contributed by atoms with Crippen LogP contribution < -0.4 is 5.43 Å². The van der Waals surface area contributed by atoms with Crippen molar-refractivity contribution in [2.24, 2.45) is 5.10 Å². The number of nitrogens with one attached hydrogen (secondary N) is 1. The number of nitro groups is 1. The largest absolute Gasteiger partial charge is 0.272 e. The predicted molar refractivity (Wildman–Crippen MR) is 95.6 cm³/mol. The van der Waals surface area contributed by atoms with Crippen molar-refractivity contribution in [1.29, 1.82) is 0 Å². The van der Waals surface area contributed by atoms with Gasteiger partial charge in [-0.05, 0) is 31.2 Å². The van der Waals surface area contributed by atoms with Gasteiger partial charge in [0.25, 0.3) is 5.69 Å². The van der Waals surface area contributed by atoms with Crippen LogP contribution in [0.25, 0.3) is 0 Å². The van der Waals surface area contributed by atoms with Crippen molar-refractivity contribution in [2.45, 2.75) is 11.8 Å². The highest BCUT2D eigenvalue weighted by atomic mass is 35.5. The number of halogens is 1. The first kappa shape index (κ1) is 18.0. The summed E-state index contributed by atoms with van der Waals surface area (Å²) in [7, 11) is 0. The average Bonchev–Trinajstić information content (AvgIpc) is 2.59. The van der Waals surface area contributed by atoms with Gasteiger partial charge in [0.1, 0.15) is 0 Å². The van der Waals surface area contributed by atoms with Gasteiger partial charge in [0.2, 0.25) is 5.91 Å². The number of carbonyl (C=O) groups is 1. The number of rotatable bonds is 6. The predicted octanol–water partition coefficient (Wildman–Crippen LogP) is 3.88. The van der Waals surface area contributed by atoms with E-state index in [0.29, 0.717) is 16.3 Å². The monoisotopic (exact) mass is 363 g/mol. The first-order valence-electron chi connectivity index (χ1n) is 6.92. The maximum atomic E-state index is 11.8. The lowest BCUT2D eigenvalue weighted by molar-refractivity contribution is -0.384. The molecule has 1 N–H and O–H groups in total. The minimum Gasteiger partial charge on any atom is -0.272 e. The van der Waals surface area contributed by atoms with E-state index in [1.54, 1.807) is 31.2 Å². The molecule has 0 bridgehead atoms. The van der Waals surface area contributed by atoms with E-state index in [-0.39, 0.29) is 17.3 Å². The van der Waals surface area contributed by atoms with Crippen molar-refractivity contribution in [2.75, 3.05) is 5.75 Å². The summed E-state index contributed by atoms with van der Waals surface area (Å²) in [5.41, 5.74) is 3.49. The van der Waals surface area contributed by atoms with E-state index >= 15 is 0 Å². The molecule has 0 aliphatic rings. The van der Waals surface area contributed by atoms with Gasteiger partial charge in [0.05, 0.1) is 16.4 Å². The molecule has 1 amide bonds. The molecule has 0 saturated heterocycles. The number of nitro benzene ring substituents is 1. The highest BCUT2D eigenvalue weighted by Crippen LogP contribution is 2.20. The van der Waals surface area contributed by atoms with Gasteiger partial charge < -0.3 is 0 Å². The van der Waals surface area contributed by atoms with Crippen LogP contribution in [0.1, 0.15) is 12.5 Å². The Hall–Kier alpha value is -2.38. The van der Waals surface area contributed by atoms with Gasteiger partial charge in [-0.1, -0.05) is 23.7 Å². The standard InChI is InChI=1S/C16H14ClN3O3S/c1-11(12-3-2-4-14(9-12)20(22)23)18-19-16(21)10-24-15-7-5-13(17)6-8-15/h2-9H,10H2,1H3,(H,19,21)/b18-11-. The molecule has 0 saturated carbocycles. The lowest BCUT2D eigenvalue weighted by atomic mass is 10.1. The molecule has 0 unspecified atom stereocenters.